The van der Waals surface area contributed by atoms with Gasteiger partial charge in [0.15, 0.2) is 0 Å². The average molecular weight is 820 g/mol. The van der Waals surface area contributed by atoms with Crippen LogP contribution in [0.15, 0.2) is 48.5 Å². The Kier molecular flexibility index (Phi) is 15.4. The van der Waals surface area contributed by atoms with Crippen LogP contribution in [0, 0.1) is 7.14 Å². The molecule has 0 aliphatic rings. The van der Waals surface area contributed by atoms with Crippen molar-refractivity contribution in [2.24, 2.45) is 0 Å². The quantitative estimate of drug-likeness (QED) is 0.121. The predicted octanol–water partition coefficient (Wildman–Crippen LogP) is 7.97. The molecular weight excluding hydrogens is 792 g/mol. The summed E-state index contributed by atoms with van der Waals surface area (Å²) in [5.74, 6) is 0. The van der Waals surface area contributed by atoms with Crippen molar-refractivity contribution in [1.29, 1.82) is 0 Å². The van der Waals surface area contributed by atoms with Crippen LogP contribution in [0.25, 0.3) is 0 Å². The number of halogens is 8. The van der Waals surface area contributed by atoms with Crippen LogP contribution in [0.4, 0.5) is 26.3 Å². The molecule has 0 spiro atoms. The number of hydrogen-bond acceptors (Lipinski definition) is 4. The Hall–Kier alpha value is -0.700. The first kappa shape index (κ1) is 39.4. The Balaban J connectivity index is 0. The van der Waals surface area contributed by atoms with E-state index in [1.54, 1.807) is 0 Å². The van der Waals surface area contributed by atoms with Gasteiger partial charge in [0.1, 0.15) is 0 Å². The van der Waals surface area contributed by atoms with Crippen LogP contribution in [0.5, 0.6) is 0 Å². The Labute approximate surface area is 246 Å². The molecule has 0 saturated heterocycles. The zero-order valence-electron chi connectivity index (χ0n) is 21.0. The van der Waals surface area contributed by atoms with E-state index in [1.807, 2.05) is 0 Å². The fourth-order valence-electron chi connectivity index (χ4n) is 1.90. The minimum absolute atomic E-state index is 0.282. The van der Waals surface area contributed by atoms with Crippen LogP contribution in [0.2, 0.25) is 0 Å². The van der Waals surface area contributed by atoms with E-state index in [4.69, 9.17) is 25.9 Å². The molecule has 6 nitrogen and oxygen atoms in total. The third-order valence-corrected chi connectivity index (χ3v) is 6.61. The monoisotopic (exact) mass is 820 g/mol. The number of benzene rings is 2. The van der Waals surface area contributed by atoms with Crippen LogP contribution in [0.3, 0.4) is 0 Å². The normalized spacial score (nSPS) is 12.6. The van der Waals surface area contributed by atoms with Crippen LogP contribution >= 0.6 is 45.2 Å². The number of alkyl halides is 6. The highest BCUT2D eigenvalue weighted by atomic mass is 127. The van der Waals surface area contributed by atoms with E-state index in [1.165, 1.54) is 18.3 Å². The molecule has 0 amide bonds. The zero-order chi connectivity index (χ0) is 31.0. The summed E-state index contributed by atoms with van der Waals surface area (Å²) in [7, 11) is -11.7. The van der Waals surface area contributed by atoms with E-state index < -0.39 is 31.3 Å². The van der Waals surface area contributed by atoms with Gasteiger partial charge in [-0.3, -0.25) is 9.11 Å². The van der Waals surface area contributed by atoms with Gasteiger partial charge in [0.2, 0.25) is 0 Å². The molecule has 16 heteroatoms. The lowest BCUT2D eigenvalue weighted by atomic mass is 9.87. The summed E-state index contributed by atoms with van der Waals surface area (Å²) in [4.78, 5) is 0. The maximum Gasteiger partial charge on any atom is 0.522 e. The van der Waals surface area contributed by atoms with Gasteiger partial charge < -0.3 is 0 Å². The van der Waals surface area contributed by atoms with E-state index in [2.05, 4.69) is 135 Å². The first-order valence-electron chi connectivity index (χ1n) is 10.1. The molecule has 0 bridgehead atoms. The molecule has 2 aromatic rings. The molecule has 38 heavy (non-hydrogen) atoms. The van der Waals surface area contributed by atoms with E-state index in [0.717, 1.165) is 0 Å². The zero-order valence-corrected chi connectivity index (χ0v) is 26.9. The van der Waals surface area contributed by atoms with Crippen molar-refractivity contribution in [2.45, 2.75) is 63.4 Å². The first-order valence-corrected chi connectivity index (χ1v) is 15.1. The lowest BCUT2D eigenvalue weighted by Gasteiger charge is -2.18. The summed E-state index contributed by atoms with van der Waals surface area (Å²) in [6.07, 6.45) is 0. The highest BCUT2D eigenvalue weighted by Crippen LogP contribution is 2.24. The van der Waals surface area contributed by atoms with Gasteiger partial charge in [-0.1, -0.05) is 65.8 Å². The Morgan fingerprint density at radius 3 is 0.789 bits per heavy atom. The molecule has 0 aliphatic carbocycles. The second kappa shape index (κ2) is 14.8. The molecule has 220 valence electrons. The highest BCUT2D eigenvalue weighted by molar-refractivity contribution is 14.1. The number of hydrogen-bond donors (Lipinski definition) is 2. The lowest BCUT2D eigenvalue weighted by Crippen LogP contribution is -2.21. The fraction of sp³-hybridized carbons (Fsp3) is 0.455. The van der Waals surface area contributed by atoms with Crippen molar-refractivity contribution >= 4 is 65.4 Å². The molecule has 0 saturated carbocycles. The summed E-state index contributed by atoms with van der Waals surface area (Å²) in [6, 6.07) is 17.4. The van der Waals surface area contributed by atoms with E-state index in [-0.39, 0.29) is 10.8 Å². The lowest BCUT2D eigenvalue weighted by molar-refractivity contribution is -0.0514. The van der Waals surface area contributed by atoms with Gasteiger partial charge in [0, 0.05) is 7.14 Å². The minimum Gasteiger partial charge on any atom is -0.279 e. The maximum atomic E-state index is 10.7. The number of rotatable bonds is 0. The summed E-state index contributed by atoms with van der Waals surface area (Å²) < 4.78 is 118. The fourth-order valence-corrected chi connectivity index (χ4v) is 2.62. The van der Waals surface area contributed by atoms with Crippen molar-refractivity contribution in [2.75, 3.05) is 0 Å². The Morgan fingerprint density at radius 1 is 0.526 bits per heavy atom. The molecule has 0 radical (unpaired) electrons. The second-order valence-corrected chi connectivity index (χ2v) is 14.7. The van der Waals surface area contributed by atoms with Gasteiger partial charge in [-0.05, 0) is 91.4 Å². The topological polar surface area (TPSA) is 109 Å². The summed E-state index contributed by atoms with van der Waals surface area (Å²) in [5, 5.41) is 0. The van der Waals surface area contributed by atoms with Crippen molar-refractivity contribution in [3.63, 3.8) is 0 Å². The van der Waals surface area contributed by atoms with Gasteiger partial charge in [0.25, 0.3) is 0 Å². The van der Waals surface area contributed by atoms with Crippen molar-refractivity contribution in [3.8, 4) is 0 Å². The van der Waals surface area contributed by atoms with Gasteiger partial charge in [-0.15, -0.1) is 0 Å². The summed E-state index contributed by atoms with van der Waals surface area (Å²) >= 11 is 4.65. The van der Waals surface area contributed by atoms with Gasteiger partial charge >= 0.3 is 31.3 Å². The molecule has 0 aliphatic heterocycles. The molecule has 0 heterocycles. The molecule has 0 aromatic heterocycles. The Morgan fingerprint density at radius 2 is 0.684 bits per heavy atom. The van der Waals surface area contributed by atoms with Crippen molar-refractivity contribution in [1.82, 2.24) is 0 Å². The third-order valence-electron chi connectivity index (χ3n) is 4.01. The standard InChI is InChI=1S/2C10H13I.2CHF3O3S/c2*1-10(2,3)8-4-6-9(11)7-5-8;2*2-1(3,4)8(5,6)7/h2*4-7H,1-3H3;2*(H,5,6,7). The first-order chi connectivity index (χ1) is 16.5. The highest BCUT2D eigenvalue weighted by Gasteiger charge is 2.45. The van der Waals surface area contributed by atoms with E-state index >= 15 is 0 Å². The smallest absolute Gasteiger partial charge is 0.279 e. The summed E-state index contributed by atoms with van der Waals surface area (Å²) in [5.41, 5.74) is -7.70. The van der Waals surface area contributed by atoms with Gasteiger partial charge in [0.05, 0.1) is 0 Å². The minimum atomic E-state index is -5.84. The maximum absolute atomic E-state index is 10.7. The SMILES string of the molecule is CC(C)(C)c1ccc(I)cc1.CC(C)(C)c1ccc(I)cc1.O=S(=O)(O)C(F)(F)F.O=S(=O)(O)C(F)(F)F. The van der Waals surface area contributed by atoms with Gasteiger partial charge in [-0.25, -0.2) is 0 Å². The van der Waals surface area contributed by atoms with Crippen LogP contribution in [-0.4, -0.2) is 37.0 Å². The molecule has 0 atom stereocenters. The largest absolute Gasteiger partial charge is 0.522 e. The Bertz CT molecular complexity index is 1100. The average Bonchev–Trinajstić information content (AvgIpc) is 2.65. The van der Waals surface area contributed by atoms with Gasteiger partial charge in [-0.2, -0.15) is 43.2 Å². The third kappa shape index (κ3) is 17.1. The second-order valence-electron chi connectivity index (χ2n) is 9.36. The summed E-state index contributed by atoms with van der Waals surface area (Å²) in [6.45, 7) is 13.4. The van der Waals surface area contributed by atoms with Crippen LogP contribution in [0.1, 0.15) is 52.7 Å². The van der Waals surface area contributed by atoms with Crippen molar-refractivity contribution in [3.05, 3.63) is 66.8 Å². The molecular formula is C22H28F6I2O6S2. The molecule has 2 aromatic carbocycles. The predicted molar refractivity (Wildman–Crippen MR) is 151 cm³/mol. The van der Waals surface area contributed by atoms with E-state index in [0.29, 0.717) is 0 Å². The molecule has 0 fully saturated rings. The molecule has 2 N–H and O–H groups in total. The van der Waals surface area contributed by atoms with Crippen LogP contribution in [-0.2, 0) is 31.1 Å². The van der Waals surface area contributed by atoms with Crippen LogP contribution < -0.4 is 0 Å². The van der Waals surface area contributed by atoms with E-state index in [9.17, 15) is 26.3 Å². The molecule has 0 unspecified atom stereocenters. The van der Waals surface area contributed by atoms with Crippen molar-refractivity contribution < 1.29 is 52.3 Å². The molecule has 2 rings (SSSR count).